The van der Waals surface area contributed by atoms with Gasteiger partial charge in [-0.25, -0.2) is 0 Å². The molecule has 0 amide bonds. The number of hydrogen-bond acceptors (Lipinski definition) is 2. The third-order valence-electron chi connectivity index (χ3n) is 2.46. The Bertz CT molecular complexity index is 383. The van der Waals surface area contributed by atoms with Crippen LogP contribution in [0.15, 0.2) is 6.07 Å². The van der Waals surface area contributed by atoms with E-state index in [1.54, 1.807) is 7.11 Å². The van der Waals surface area contributed by atoms with Gasteiger partial charge in [0.25, 0.3) is 0 Å². The maximum atomic E-state index is 11.2. The van der Waals surface area contributed by atoms with Crippen molar-refractivity contribution in [3.63, 3.8) is 0 Å². The maximum Gasteiger partial charge on any atom is 0.216 e. The molecule has 14 heavy (non-hydrogen) atoms. The van der Waals surface area contributed by atoms with Crippen LogP contribution in [0.3, 0.4) is 0 Å². The van der Waals surface area contributed by atoms with Crippen molar-refractivity contribution in [3.8, 4) is 5.75 Å². The zero-order chi connectivity index (χ0) is 10.9. The van der Waals surface area contributed by atoms with Crippen molar-refractivity contribution in [1.29, 1.82) is 0 Å². The Labute approximate surface area is 89.7 Å². The first-order valence-corrected chi connectivity index (χ1v) is 4.81. The number of thiol groups is 1. The zero-order valence-corrected chi connectivity index (χ0v) is 9.74. The standard InChI is InChI=1S/C11H14O2S/c1-6-5-9(11(12)14)7(2)8(3)10(6)13-4/h5H,1-4H3,(H,12,14). The summed E-state index contributed by atoms with van der Waals surface area (Å²) in [6.07, 6.45) is 0. The second-order valence-corrected chi connectivity index (χ2v) is 3.74. The number of rotatable bonds is 2. The van der Waals surface area contributed by atoms with E-state index < -0.39 is 0 Å². The number of carbonyl (C=O) groups excluding carboxylic acids is 1. The number of ether oxygens (including phenoxy) is 1. The van der Waals surface area contributed by atoms with Gasteiger partial charge in [-0.3, -0.25) is 4.79 Å². The molecule has 0 saturated heterocycles. The maximum absolute atomic E-state index is 11.2. The summed E-state index contributed by atoms with van der Waals surface area (Å²) < 4.78 is 5.26. The highest BCUT2D eigenvalue weighted by molar-refractivity contribution is 7.97. The van der Waals surface area contributed by atoms with Crippen molar-refractivity contribution in [2.24, 2.45) is 0 Å². The minimum absolute atomic E-state index is 0.198. The van der Waals surface area contributed by atoms with Gasteiger partial charge >= 0.3 is 0 Å². The van der Waals surface area contributed by atoms with Crippen molar-refractivity contribution in [3.05, 3.63) is 28.3 Å². The molecule has 0 radical (unpaired) electrons. The summed E-state index contributed by atoms with van der Waals surface area (Å²) >= 11 is 3.84. The molecular weight excluding hydrogens is 196 g/mol. The van der Waals surface area contributed by atoms with Gasteiger partial charge in [0.15, 0.2) is 0 Å². The molecule has 0 saturated carbocycles. The van der Waals surface area contributed by atoms with Gasteiger partial charge < -0.3 is 4.74 Å². The van der Waals surface area contributed by atoms with E-state index in [2.05, 4.69) is 12.6 Å². The van der Waals surface area contributed by atoms with Crippen molar-refractivity contribution in [2.75, 3.05) is 7.11 Å². The van der Waals surface area contributed by atoms with Crippen molar-refractivity contribution in [1.82, 2.24) is 0 Å². The molecule has 0 fully saturated rings. The van der Waals surface area contributed by atoms with Gasteiger partial charge in [0.1, 0.15) is 5.75 Å². The van der Waals surface area contributed by atoms with Crippen LogP contribution in [0.4, 0.5) is 0 Å². The Kier molecular flexibility index (Phi) is 3.21. The average molecular weight is 210 g/mol. The molecule has 0 heterocycles. The Morgan fingerprint density at radius 2 is 1.86 bits per heavy atom. The van der Waals surface area contributed by atoms with Gasteiger partial charge in [-0.15, -0.1) is 12.6 Å². The van der Waals surface area contributed by atoms with Gasteiger partial charge in [-0.2, -0.15) is 0 Å². The molecule has 0 aromatic heterocycles. The number of methoxy groups -OCH3 is 1. The van der Waals surface area contributed by atoms with Gasteiger partial charge in [0.2, 0.25) is 5.12 Å². The fourth-order valence-electron chi connectivity index (χ4n) is 1.59. The predicted octanol–water partition coefficient (Wildman–Crippen LogP) is 2.69. The van der Waals surface area contributed by atoms with E-state index in [0.29, 0.717) is 5.56 Å². The molecule has 0 bridgehead atoms. The minimum Gasteiger partial charge on any atom is -0.496 e. The highest BCUT2D eigenvalue weighted by atomic mass is 32.1. The van der Waals surface area contributed by atoms with E-state index >= 15 is 0 Å². The van der Waals surface area contributed by atoms with Crippen molar-refractivity contribution >= 4 is 17.7 Å². The van der Waals surface area contributed by atoms with E-state index in [4.69, 9.17) is 4.74 Å². The third kappa shape index (κ3) is 1.77. The second-order valence-electron chi connectivity index (χ2n) is 3.33. The molecule has 0 atom stereocenters. The van der Waals surface area contributed by atoms with Crippen LogP contribution in [-0.4, -0.2) is 12.2 Å². The summed E-state index contributed by atoms with van der Waals surface area (Å²) in [7, 11) is 1.64. The average Bonchev–Trinajstić information content (AvgIpc) is 2.12. The van der Waals surface area contributed by atoms with Crippen LogP contribution in [-0.2, 0) is 0 Å². The van der Waals surface area contributed by atoms with Crippen LogP contribution >= 0.6 is 12.6 Å². The normalized spacial score (nSPS) is 10.1. The highest BCUT2D eigenvalue weighted by Crippen LogP contribution is 2.28. The number of benzene rings is 1. The molecule has 0 aliphatic heterocycles. The summed E-state index contributed by atoms with van der Waals surface area (Å²) in [5.74, 6) is 0.848. The van der Waals surface area contributed by atoms with Crippen LogP contribution in [0.2, 0.25) is 0 Å². The minimum atomic E-state index is -0.198. The van der Waals surface area contributed by atoms with Crippen LogP contribution in [0.1, 0.15) is 27.0 Å². The Morgan fingerprint density at radius 3 is 2.29 bits per heavy atom. The van der Waals surface area contributed by atoms with Gasteiger partial charge in [-0.1, -0.05) is 0 Å². The highest BCUT2D eigenvalue weighted by Gasteiger charge is 2.13. The van der Waals surface area contributed by atoms with E-state index in [1.807, 2.05) is 26.8 Å². The van der Waals surface area contributed by atoms with E-state index in [0.717, 1.165) is 22.4 Å². The zero-order valence-electron chi connectivity index (χ0n) is 8.84. The first-order valence-electron chi connectivity index (χ1n) is 4.37. The summed E-state index contributed by atoms with van der Waals surface area (Å²) in [4.78, 5) is 11.2. The molecule has 0 spiro atoms. The largest absolute Gasteiger partial charge is 0.496 e. The third-order valence-corrected chi connectivity index (χ3v) is 2.70. The summed E-state index contributed by atoms with van der Waals surface area (Å²) in [6, 6.07) is 1.82. The van der Waals surface area contributed by atoms with Crippen LogP contribution < -0.4 is 4.74 Å². The molecular formula is C11H14O2S. The van der Waals surface area contributed by atoms with E-state index in [1.165, 1.54) is 0 Å². The van der Waals surface area contributed by atoms with E-state index in [9.17, 15) is 4.79 Å². The molecule has 76 valence electrons. The van der Waals surface area contributed by atoms with Gasteiger partial charge in [-0.05, 0) is 43.5 Å². The summed E-state index contributed by atoms with van der Waals surface area (Å²) in [5.41, 5.74) is 3.56. The van der Waals surface area contributed by atoms with Gasteiger partial charge in [0, 0.05) is 5.56 Å². The lowest BCUT2D eigenvalue weighted by Gasteiger charge is -2.13. The Morgan fingerprint density at radius 1 is 1.29 bits per heavy atom. The fraction of sp³-hybridized carbons (Fsp3) is 0.364. The number of aryl methyl sites for hydroxylation is 1. The number of carbonyl (C=O) groups is 1. The van der Waals surface area contributed by atoms with Gasteiger partial charge in [0.05, 0.1) is 7.11 Å². The topological polar surface area (TPSA) is 26.3 Å². The predicted molar refractivity (Wildman–Crippen MR) is 60.5 cm³/mol. The van der Waals surface area contributed by atoms with E-state index in [-0.39, 0.29) is 5.12 Å². The molecule has 0 N–H and O–H groups in total. The monoisotopic (exact) mass is 210 g/mol. The SMILES string of the molecule is COc1c(C)cc(C(=O)S)c(C)c1C. The first-order chi connectivity index (χ1) is 6.49. The Balaban J connectivity index is 3.47. The molecule has 0 aliphatic rings. The quantitative estimate of drug-likeness (QED) is 0.760. The van der Waals surface area contributed by atoms with Crippen LogP contribution in [0.25, 0.3) is 0 Å². The fourth-order valence-corrected chi connectivity index (χ4v) is 1.83. The Hall–Kier alpha value is -0.960. The lowest BCUT2D eigenvalue weighted by atomic mass is 9.99. The molecule has 0 unspecified atom stereocenters. The second kappa shape index (κ2) is 4.05. The molecule has 1 rings (SSSR count). The van der Waals surface area contributed by atoms with Crippen molar-refractivity contribution < 1.29 is 9.53 Å². The van der Waals surface area contributed by atoms with Crippen molar-refractivity contribution in [2.45, 2.75) is 20.8 Å². The summed E-state index contributed by atoms with van der Waals surface area (Å²) in [6.45, 7) is 5.77. The molecule has 2 nitrogen and oxygen atoms in total. The summed E-state index contributed by atoms with van der Waals surface area (Å²) in [5, 5.41) is -0.198. The molecule has 1 aromatic rings. The number of hydrogen-bond donors (Lipinski definition) is 1. The molecule has 1 aromatic carbocycles. The first kappa shape index (κ1) is 11.1. The molecule has 3 heteroatoms. The lowest BCUT2D eigenvalue weighted by molar-refractivity contribution is 0.109. The lowest BCUT2D eigenvalue weighted by Crippen LogP contribution is -2.01. The smallest absolute Gasteiger partial charge is 0.216 e. The van der Waals surface area contributed by atoms with Crippen LogP contribution in [0.5, 0.6) is 5.75 Å². The van der Waals surface area contributed by atoms with Crippen LogP contribution in [0, 0.1) is 20.8 Å². The molecule has 0 aliphatic carbocycles.